The number of hydrogen-bond acceptors (Lipinski definition) is 3. The zero-order valence-corrected chi connectivity index (χ0v) is 14.6. The van der Waals surface area contributed by atoms with Crippen molar-refractivity contribution in [3.63, 3.8) is 0 Å². The van der Waals surface area contributed by atoms with E-state index in [0.717, 1.165) is 19.5 Å². The van der Waals surface area contributed by atoms with Crippen molar-refractivity contribution in [2.45, 2.75) is 59.5 Å². The molecule has 1 aliphatic heterocycles. The summed E-state index contributed by atoms with van der Waals surface area (Å²) in [7, 11) is 2.03. The van der Waals surface area contributed by atoms with Crippen LogP contribution in [0.4, 0.5) is 5.69 Å². The van der Waals surface area contributed by atoms with Crippen molar-refractivity contribution in [3.8, 4) is 0 Å². The average molecular weight is 292 g/mol. The average Bonchev–Trinajstić information content (AvgIpc) is 2.86. The van der Waals surface area contributed by atoms with Crippen LogP contribution in [-0.2, 0) is 13.5 Å². The molecule has 0 saturated carbocycles. The van der Waals surface area contributed by atoms with E-state index >= 15 is 0 Å². The first-order valence-electron chi connectivity index (χ1n) is 8.50. The number of piperazine rings is 1. The van der Waals surface area contributed by atoms with Crippen molar-refractivity contribution in [3.05, 3.63) is 11.9 Å². The summed E-state index contributed by atoms with van der Waals surface area (Å²) in [5.41, 5.74) is 2.57. The predicted molar refractivity (Wildman–Crippen MR) is 89.8 cm³/mol. The van der Waals surface area contributed by atoms with Crippen LogP contribution < -0.4 is 10.2 Å². The number of rotatable bonds is 5. The van der Waals surface area contributed by atoms with E-state index in [1.807, 2.05) is 11.7 Å². The van der Waals surface area contributed by atoms with Crippen molar-refractivity contribution >= 4 is 5.69 Å². The Kier molecular flexibility index (Phi) is 5.31. The lowest BCUT2D eigenvalue weighted by atomic mass is 9.91. The molecule has 3 unspecified atom stereocenters. The van der Waals surface area contributed by atoms with Gasteiger partial charge in [0.25, 0.3) is 0 Å². The van der Waals surface area contributed by atoms with Gasteiger partial charge in [0.05, 0.1) is 11.4 Å². The van der Waals surface area contributed by atoms with Crippen LogP contribution in [-0.4, -0.2) is 35.0 Å². The molecule has 4 heteroatoms. The topological polar surface area (TPSA) is 33.1 Å². The molecule has 0 amide bonds. The maximum absolute atomic E-state index is 4.64. The molecule has 120 valence electrons. The number of nitrogens with one attached hydrogen (secondary N) is 1. The molecular weight excluding hydrogens is 260 g/mol. The number of anilines is 1. The van der Waals surface area contributed by atoms with E-state index in [2.05, 4.69) is 56.1 Å². The van der Waals surface area contributed by atoms with Crippen molar-refractivity contribution in [1.82, 2.24) is 15.1 Å². The van der Waals surface area contributed by atoms with E-state index in [-0.39, 0.29) is 0 Å². The molecule has 0 aromatic carbocycles. The van der Waals surface area contributed by atoms with Crippen LogP contribution in [0.5, 0.6) is 0 Å². The lowest BCUT2D eigenvalue weighted by Crippen LogP contribution is -2.60. The third-order valence-electron chi connectivity index (χ3n) is 5.01. The monoisotopic (exact) mass is 292 g/mol. The molecule has 21 heavy (non-hydrogen) atoms. The highest BCUT2D eigenvalue weighted by Crippen LogP contribution is 2.28. The van der Waals surface area contributed by atoms with E-state index in [9.17, 15) is 0 Å². The molecule has 2 heterocycles. The van der Waals surface area contributed by atoms with Gasteiger partial charge in [-0.3, -0.25) is 4.68 Å². The van der Waals surface area contributed by atoms with Crippen LogP contribution in [0.2, 0.25) is 0 Å². The van der Waals surface area contributed by atoms with Crippen molar-refractivity contribution in [2.24, 2.45) is 18.9 Å². The summed E-state index contributed by atoms with van der Waals surface area (Å²) < 4.78 is 1.96. The number of aromatic nitrogens is 2. The van der Waals surface area contributed by atoms with Crippen LogP contribution in [0.15, 0.2) is 6.20 Å². The zero-order chi connectivity index (χ0) is 15.6. The van der Waals surface area contributed by atoms with Crippen molar-refractivity contribution < 1.29 is 0 Å². The van der Waals surface area contributed by atoms with Gasteiger partial charge in [-0.1, -0.05) is 41.0 Å². The maximum Gasteiger partial charge on any atom is 0.0855 e. The van der Waals surface area contributed by atoms with Gasteiger partial charge in [0.1, 0.15) is 0 Å². The Morgan fingerprint density at radius 1 is 1.33 bits per heavy atom. The van der Waals surface area contributed by atoms with E-state index in [1.165, 1.54) is 17.8 Å². The quantitative estimate of drug-likeness (QED) is 0.906. The predicted octanol–water partition coefficient (Wildman–Crippen LogP) is 2.83. The van der Waals surface area contributed by atoms with E-state index in [0.29, 0.717) is 23.9 Å². The van der Waals surface area contributed by atoms with Crippen LogP contribution in [0, 0.1) is 11.8 Å². The molecule has 0 aliphatic carbocycles. The first-order chi connectivity index (χ1) is 9.97. The molecule has 0 radical (unpaired) electrons. The summed E-state index contributed by atoms with van der Waals surface area (Å²) in [5, 5.41) is 8.42. The first kappa shape index (κ1) is 16.3. The minimum Gasteiger partial charge on any atom is -0.363 e. The Morgan fingerprint density at radius 2 is 2.05 bits per heavy atom. The van der Waals surface area contributed by atoms with Gasteiger partial charge in [-0.2, -0.15) is 5.10 Å². The molecule has 4 nitrogen and oxygen atoms in total. The lowest BCUT2D eigenvalue weighted by Gasteiger charge is -2.45. The SMILES string of the molecule is CCc1nn(C)cc1N1CC(C(C)CC)NCC1C(C)C. The van der Waals surface area contributed by atoms with Crippen LogP contribution in [0.1, 0.15) is 46.7 Å². The minimum absolute atomic E-state index is 0.555. The zero-order valence-electron chi connectivity index (χ0n) is 14.6. The molecule has 2 rings (SSSR count). The third kappa shape index (κ3) is 3.42. The summed E-state index contributed by atoms with van der Waals surface area (Å²) >= 11 is 0. The summed E-state index contributed by atoms with van der Waals surface area (Å²) in [6.07, 6.45) is 4.43. The maximum atomic E-state index is 4.64. The normalized spacial score (nSPS) is 24.6. The van der Waals surface area contributed by atoms with E-state index < -0.39 is 0 Å². The largest absolute Gasteiger partial charge is 0.363 e. The van der Waals surface area contributed by atoms with Gasteiger partial charge in [-0.25, -0.2) is 0 Å². The molecule has 1 aliphatic rings. The second kappa shape index (κ2) is 6.82. The highest BCUT2D eigenvalue weighted by Gasteiger charge is 2.33. The molecule has 1 aromatic heterocycles. The molecule has 1 fully saturated rings. The number of nitrogens with zero attached hydrogens (tertiary/aromatic N) is 3. The second-order valence-corrected chi connectivity index (χ2v) is 6.85. The van der Waals surface area contributed by atoms with Gasteiger partial charge < -0.3 is 10.2 Å². The lowest BCUT2D eigenvalue weighted by molar-refractivity contribution is 0.281. The molecule has 0 spiro atoms. The summed E-state index contributed by atoms with van der Waals surface area (Å²) in [6, 6.07) is 1.13. The smallest absolute Gasteiger partial charge is 0.0855 e. The molecule has 1 aromatic rings. The van der Waals surface area contributed by atoms with Crippen molar-refractivity contribution in [1.29, 1.82) is 0 Å². The Bertz CT molecular complexity index is 452. The Balaban J connectivity index is 2.29. The second-order valence-electron chi connectivity index (χ2n) is 6.85. The Hall–Kier alpha value is -1.03. The molecule has 3 atom stereocenters. The molecule has 1 saturated heterocycles. The fraction of sp³-hybridized carbons (Fsp3) is 0.824. The molecule has 0 bridgehead atoms. The Labute approximate surface area is 129 Å². The van der Waals surface area contributed by atoms with Crippen LogP contribution >= 0.6 is 0 Å². The fourth-order valence-corrected chi connectivity index (χ4v) is 3.35. The standard InChI is InChI=1S/C17H32N4/c1-7-13(5)15-10-21(16(9-18-15)12(3)4)17-11-20(6)19-14(17)8-2/h11-13,15-16,18H,7-10H2,1-6H3. The van der Waals surface area contributed by atoms with Crippen LogP contribution in [0.25, 0.3) is 0 Å². The molecule has 1 N–H and O–H groups in total. The summed E-state index contributed by atoms with van der Waals surface area (Å²) in [4.78, 5) is 2.61. The molecular formula is C17H32N4. The summed E-state index contributed by atoms with van der Waals surface area (Å²) in [5.74, 6) is 1.35. The highest BCUT2D eigenvalue weighted by molar-refractivity contribution is 5.51. The summed E-state index contributed by atoms with van der Waals surface area (Å²) in [6.45, 7) is 13.7. The number of aryl methyl sites for hydroxylation is 2. The van der Waals surface area contributed by atoms with E-state index in [4.69, 9.17) is 0 Å². The van der Waals surface area contributed by atoms with Gasteiger partial charge in [0, 0.05) is 38.4 Å². The highest BCUT2D eigenvalue weighted by atomic mass is 15.3. The van der Waals surface area contributed by atoms with Gasteiger partial charge >= 0.3 is 0 Å². The first-order valence-corrected chi connectivity index (χ1v) is 8.50. The van der Waals surface area contributed by atoms with Gasteiger partial charge in [0.15, 0.2) is 0 Å². The van der Waals surface area contributed by atoms with Gasteiger partial charge in [-0.15, -0.1) is 0 Å². The van der Waals surface area contributed by atoms with Gasteiger partial charge in [-0.05, 0) is 18.3 Å². The van der Waals surface area contributed by atoms with Gasteiger partial charge in [0.2, 0.25) is 0 Å². The third-order valence-corrected chi connectivity index (χ3v) is 5.01. The van der Waals surface area contributed by atoms with Crippen LogP contribution in [0.3, 0.4) is 0 Å². The Morgan fingerprint density at radius 3 is 2.62 bits per heavy atom. The van der Waals surface area contributed by atoms with Crippen molar-refractivity contribution in [2.75, 3.05) is 18.0 Å². The minimum atomic E-state index is 0.555. The fourth-order valence-electron chi connectivity index (χ4n) is 3.35. The van der Waals surface area contributed by atoms with E-state index in [1.54, 1.807) is 0 Å². The number of hydrogen-bond donors (Lipinski definition) is 1.